The second-order valence-corrected chi connectivity index (χ2v) is 7.87. The first-order chi connectivity index (χ1) is 12.8. The van der Waals surface area contributed by atoms with Crippen LogP contribution in [-0.2, 0) is 9.59 Å². The molecule has 0 aliphatic rings. The second kappa shape index (κ2) is 10.4. The average Bonchev–Trinajstić information content (AvgIpc) is 2.63. The van der Waals surface area contributed by atoms with E-state index in [0.717, 1.165) is 20.2 Å². The Bertz CT molecular complexity index is 836. The Hall–Kier alpha value is -1.99. The molecule has 0 aliphatic carbocycles. The molecule has 0 atom stereocenters. The number of halogens is 2. The fourth-order valence-corrected chi connectivity index (χ4v) is 2.98. The van der Waals surface area contributed by atoms with Crippen molar-refractivity contribution in [1.82, 2.24) is 5.32 Å². The van der Waals surface area contributed by atoms with Crippen molar-refractivity contribution in [3.8, 4) is 0 Å². The van der Waals surface area contributed by atoms with Crippen molar-refractivity contribution in [2.24, 2.45) is 0 Å². The average molecular weight is 496 g/mol. The van der Waals surface area contributed by atoms with Gasteiger partial charge in [-0.2, -0.15) is 0 Å². The van der Waals surface area contributed by atoms with Gasteiger partial charge >= 0.3 is 0 Å². The van der Waals surface area contributed by atoms with Crippen LogP contribution in [0.25, 0.3) is 0 Å². The smallest absolute Gasteiger partial charge is 0.226 e. The summed E-state index contributed by atoms with van der Waals surface area (Å²) in [6, 6.07) is 12.7. The molecule has 0 saturated heterocycles. The third-order valence-electron chi connectivity index (χ3n) is 3.89. The minimum atomic E-state index is -0.244. The number of benzene rings is 2. The van der Waals surface area contributed by atoms with Gasteiger partial charge in [-0.05, 0) is 36.8 Å². The molecule has 0 bridgehead atoms. The van der Waals surface area contributed by atoms with Gasteiger partial charge in [0.1, 0.15) is 0 Å². The Morgan fingerprint density at radius 2 is 1.52 bits per heavy atom. The summed E-state index contributed by atoms with van der Waals surface area (Å²) in [5, 5.41) is 5.50. The lowest BCUT2D eigenvalue weighted by atomic mass is 10.1. The fraction of sp³-hybridized carbons (Fsp3) is 0.250. The minimum absolute atomic E-state index is 0.0828. The van der Waals surface area contributed by atoms with Gasteiger partial charge in [0, 0.05) is 46.0 Å². The van der Waals surface area contributed by atoms with Gasteiger partial charge in [0.15, 0.2) is 5.78 Å². The fourth-order valence-electron chi connectivity index (χ4n) is 2.35. The van der Waals surface area contributed by atoms with Crippen molar-refractivity contribution in [3.05, 3.63) is 62.5 Å². The number of amides is 2. The van der Waals surface area contributed by atoms with Crippen LogP contribution >= 0.6 is 31.9 Å². The first kappa shape index (κ1) is 21.3. The van der Waals surface area contributed by atoms with E-state index >= 15 is 0 Å². The summed E-state index contributed by atoms with van der Waals surface area (Å²) in [7, 11) is 0. The quantitative estimate of drug-likeness (QED) is 0.524. The lowest BCUT2D eigenvalue weighted by Gasteiger charge is -2.09. The summed E-state index contributed by atoms with van der Waals surface area (Å²) in [6.45, 7) is 2.14. The summed E-state index contributed by atoms with van der Waals surface area (Å²) in [5.74, 6) is -0.505. The van der Waals surface area contributed by atoms with Crippen molar-refractivity contribution in [2.45, 2.75) is 26.2 Å². The van der Waals surface area contributed by atoms with Gasteiger partial charge in [0.25, 0.3) is 0 Å². The maximum atomic E-state index is 12.0. The van der Waals surface area contributed by atoms with Crippen molar-refractivity contribution >= 4 is 55.1 Å². The Balaban J connectivity index is 1.69. The van der Waals surface area contributed by atoms with Crippen LogP contribution in [0.2, 0.25) is 0 Å². The van der Waals surface area contributed by atoms with Crippen molar-refractivity contribution in [3.63, 3.8) is 0 Å². The molecule has 2 aromatic carbocycles. The minimum Gasteiger partial charge on any atom is -0.356 e. The number of carbonyl (C=O) groups excluding carboxylic acids is 3. The highest BCUT2D eigenvalue weighted by atomic mass is 79.9. The second-order valence-electron chi connectivity index (χ2n) is 6.04. The topological polar surface area (TPSA) is 75.3 Å². The normalized spacial score (nSPS) is 10.3. The molecule has 2 N–H and O–H groups in total. The molecule has 0 unspecified atom stereocenters. The predicted molar refractivity (Wildman–Crippen MR) is 113 cm³/mol. The molecule has 0 heterocycles. The van der Waals surface area contributed by atoms with Crippen LogP contribution in [0, 0.1) is 6.92 Å². The first-order valence-corrected chi connectivity index (χ1v) is 10.0. The van der Waals surface area contributed by atoms with Crippen LogP contribution in [0.1, 0.15) is 35.2 Å². The number of nitrogens with one attached hydrogen (secondary N) is 2. The highest BCUT2D eigenvalue weighted by molar-refractivity contribution is 9.10. The molecule has 0 aliphatic heterocycles. The molecular weight excluding hydrogens is 476 g/mol. The van der Waals surface area contributed by atoms with E-state index in [1.807, 2.05) is 25.1 Å². The highest BCUT2D eigenvalue weighted by Crippen LogP contribution is 2.20. The van der Waals surface area contributed by atoms with E-state index in [0.29, 0.717) is 5.56 Å². The van der Waals surface area contributed by atoms with Gasteiger partial charge < -0.3 is 10.6 Å². The molecule has 2 amide bonds. The maximum Gasteiger partial charge on any atom is 0.226 e. The SMILES string of the molecule is Cc1ccc(Br)cc1NC(=O)CCNC(=O)CCC(=O)c1ccc(Br)cc1. The molecule has 142 valence electrons. The number of rotatable bonds is 8. The van der Waals surface area contributed by atoms with E-state index in [1.165, 1.54) is 0 Å². The summed E-state index contributed by atoms with van der Waals surface area (Å²) in [5.41, 5.74) is 2.28. The number of Topliss-reactive ketones (excluding diaryl/α,β-unsaturated/α-hetero) is 1. The Morgan fingerprint density at radius 1 is 0.852 bits per heavy atom. The molecular formula is C20H20Br2N2O3. The molecule has 0 fully saturated rings. The van der Waals surface area contributed by atoms with E-state index in [2.05, 4.69) is 42.5 Å². The number of carbonyl (C=O) groups is 3. The molecule has 27 heavy (non-hydrogen) atoms. The molecule has 2 aromatic rings. The standard InChI is InChI=1S/C20H20Br2N2O3/c1-13-2-5-16(22)12-17(13)24-20(27)10-11-23-19(26)9-8-18(25)14-3-6-15(21)7-4-14/h2-7,12H,8-11H2,1H3,(H,23,26)(H,24,27). The van der Waals surface area contributed by atoms with Gasteiger partial charge in [0.2, 0.25) is 11.8 Å². The van der Waals surface area contributed by atoms with Crippen molar-refractivity contribution in [2.75, 3.05) is 11.9 Å². The lowest BCUT2D eigenvalue weighted by molar-refractivity contribution is -0.121. The van der Waals surface area contributed by atoms with Crippen LogP contribution in [0.5, 0.6) is 0 Å². The number of anilines is 1. The van der Waals surface area contributed by atoms with Crippen LogP contribution in [0.15, 0.2) is 51.4 Å². The summed E-state index contributed by atoms with van der Waals surface area (Å²) in [6.07, 6.45) is 0.399. The molecule has 0 saturated carbocycles. The molecule has 0 aromatic heterocycles. The zero-order valence-corrected chi connectivity index (χ0v) is 18.0. The lowest BCUT2D eigenvalue weighted by Crippen LogP contribution is -2.28. The van der Waals surface area contributed by atoms with E-state index in [1.54, 1.807) is 24.3 Å². The van der Waals surface area contributed by atoms with Crippen molar-refractivity contribution in [1.29, 1.82) is 0 Å². The molecule has 5 nitrogen and oxygen atoms in total. The van der Waals surface area contributed by atoms with Gasteiger partial charge in [-0.25, -0.2) is 0 Å². The largest absolute Gasteiger partial charge is 0.356 e. The van der Waals surface area contributed by atoms with E-state index in [9.17, 15) is 14.4 Å². The summed E-state index contributed by atoms with van der Waals surface area (Å²) >= 11 is 6.68. The number of hydrogen-bond acceptors (Lipinski definition) is 3. The van der Waals surface area contributed by atoms with E-state index in [-0.39, 0.29) is 43.4 Å². The molecule has 7 heteroatoms. The van der Waals surface area contributed by atoms with Gasteiger partial charge in [-0.15, -0.1) is 0 Å². The zero-order valence-electron chi connectivity index (χ0n) is 14.9. The van der Waals surface area contributed by atoms with Crippen LogP contribution in [0.3, 0.4) is 0 Å². The Labute approximate surface area is 175 Å². The zero-order chi connectivity index (χ0) is 19.8. The van der Waals surface area contributed by atoms with E-state index < -0.39 is 0 Å². The van der Waals surface area contributed by atoms with Gasteiger partial charge in [-0.1, -0.05) is 50.1 Å². The van der Waals surface area contributed by atoms with Crippen LogP contribution in [0.4, 0.5) is 5.69 Å². The summed E-state index contributed by atoms with van der Waals surface area (Å²) in [4.78, 5) is 35.9. The molecule has 0 radical (unpaired) electrons. The summed E-state index contributed by atoms with van der Waals surface area (Å²) < 4.78 is 1.78. The monoisotopic (exact) mass is 494 g/mol. The number of ketones is 1. The third kappa shape index (κ3) is 7.27. The highest BCUT2D eigenvalue weighted by Gasteiger charge is 2.10. The first-order valence-electron chi connectivity index (χ1n) is 8.46. The third-order valence-corrected chi connectivity index (χ3v) is 4.92. The van der Waals surface area contributed by atoms with Crippen LogP contribution < -0.4 is 10.6 Å². The van der Waals surface area contributed by atoms with Gasteiger partial charge in [-0.3, -0.25) is 14.4 Å². The number of aryl methyl sites for hydroxylation is 1. The maximum absolute atomic E-state index is 12.0. The Kier molecular flexibility index (Phi) is 8.19. The van der Waals surface area contributed by atoms with Crippen molar-refractivity contribution < 1.29 is 14.4 Å². The van der Waals surface area contributed by atoms with E-state index in [4.69, 9.17) is 0 Å². The molecule has 0 spiro atoms. The van der Waals surface area contributed by atoms with Crippen LogP contribution in [-0.4, -0.2) is 24.1 Å². The predicted octanol–water partition coefficient (Wildman–Crippen LogP) is 4.63. The van der Waals surface area contributed by atoms with Gasteiger partial charge in [0.05, 0.1) is 0 Å². The Morgan fingerprint density at radius 3 is 2.22 bits per heavy atom. The molecule has 2 rings (SSSR count). The number of hydrogen-bond donors (Lipinski definition) is 2.